The summed E-state index contributed by atoms with van der Waals surface area (Å²) in [7, 11) is 0. The predicted molar refractivity (Wildman–Crippen MR) is 61.3 cm³/mol. The molecule has 0 radical (unpaired) electrons. The second-order valence-corrected chi connectivity index (χ2v) is 4.42. The van der Waals surface area contributed by atoms with E-state index in [0.29, 0.717) is 6.42 Å². The van der Waals surface area contributed by atoms with Gasteiger partial charge in [-0.1, -0.05) is 6.07 Å². The molecule has 3 nitrogen and oxygen atoms in total. The third-order valence-electron chi connectivity index (χ3n) is 3.05. The van der Waals surface area contributed by atoms with Gasteiger partial charge < -0.3 is 4.74 Å². The summed E-state index contributed by atoms with van der Waals surface area (Å²) in [6.07, 6.45) is 3.97. The van der Waals surface area contributed by atoms with E-state index < -0.39 is 0 Å². The van der Waals surface area contributed by atoms with E-state index in [9.17, 15) is 4.79 Å². The van der Waals surface area contributed by atoms with Crippen LogP contribution >= 0.6 is 0 Å². The molecule has 1 saturated heterocycles. The first-order valence-corrected chi connectivity index (χ1v) is 5.75. The van der Waals surface area contributed by atoms with E-state index in [-0.39, 0.29) is 18.0 Å². The Morgan fingerprint density at radius 2 is 2.38 bits per heavy atom. The standard InChI is InChI=1S/C13H17NO2/c1-9-4-3-7-14-11(9)8-12(15)13-6-5-10(2)16-13/h3-4,7,10,13H,5-6,8H2,1-2H3. The highest BCUT2D eigenvalue weighted by Crippen LogP contribution is 2.21. The molecule has 16 heavy (non-hydrogen) atoms. The molecule has 86 valence electrons. The van der Waals surface area contributed by atoms with E-state index in [1.807, 2.05) is 26.0 Å². The molecule has 0 N–H and O–H groups in total. The third-order valence-corrected chi connectivity index (χ3v) is 3.05. The molecule has 1 aromatic rings. The lowest BCUT2D eigenvalue weighted by Gasteiger charge is -2.10. The van der Waals surface area contributed by atoms with Crippen LogP contribution in [0.5, 0.6) is 0 Å². The Labute approximate surface area is 95.8 Å². The van der Waals surface area contributed by atoms with E-state index in [1.54, 1.807) is 6.20 Å². The van der Waals surface area contributed by atoms with Crippen LogP contribution in [-0.4, -0.2) is 23.0 Å². The van der Waals surface area contributed by atoms with Gasteiger partial charge in [0, 0.05) is 6.20 Å². The molecule has 3 heteroatoms. The van der Waals surface area contributed by atoms with E-state index >= 15 is 0 Å². The lowest BCUT2D eigenvalue weighted by atomic mass is 10.0. The predicted octanol–water partition coefficient (Wildman–Crippen LogP) is 2.07. The van der Waals surface area contributed by atoms with Crippen molar-refractivity contribution in [1.29, 1.82) is 0 Å². The monoisotopic (exact) mass is 219 g/mol. The molecule has 2 unspecified atom stereocenters. The number of nitrogens with zero attached hydrogens (tertiary/aromatic N) is 1. The molecule has 2 atom stereocenters. The van der Waals surface area contributed by atoms with Crippen molar-refractivity contribution in [3.8, 4) is 0 Å². The van der Waals surface area contributed by atoms with Crippen LogP contribution in [-0.2, 0) is 16.0 Å². The van der Waals surface area contributed by atoms with Gasteiger partial charge in [0.1, 0.15) is 6.10 Å². The van der Waals surface area contributed by atoms with E-state index in [4.69, 9.17) is 4.74 Å². The van der Waals surface area contributed by atoms with Gasteiger partial charge in [-0.05, 0) is 38.3 Å². The second-order valence-electron chi connectivity index (χ2n) is 4.42. The summed E-state index contributed by atoms with van der Waals surface area (Å²) in [4.78, 5) is 16.2. The number of hydrogen-bond acceptors (Lipinski definition) is 3. The zero-order valence-electron chi connectivity index (χ0n) is 9.77. The summed E-state index contributed by atoms with van der Waals surface area (Å²) in [5.41, 5.74) is 1.94. The van der Waals surface area contributed by atoms with Crippen molar-refractivity contribution in [2.75, 3.05) is 0 Å². The number of ketones is 1. The maximum atomic E-state index is 11.9. The topological polar surface area (TPSA) is 39.2 Å². The first kappa shape index (κ1) is 11.3. The fourth-order valence-corrected chi connectivity index (χ4v) is 2.02. The van der Waals surface area contributed by atoms with Crippen LogP contribution in [0.15, 0.2) is 18.3 Å². The van der Waals surface area contributed by atoms with Crippen molar-refractivity contribution in [1.82, 2.24) is 4.98 Å². The quantitative estimate of drug-likeness (QED) is 0.781. The number of carbonyl (C=O) groups is 1. The summed E-state index contributed by atoms with van der Waals surface area (Å²) >= 11 is 0. The molecule has 0 spiro atoms. The average molecular weight is 219 g/mol. The summed E-state index contributed by atoms with van der Waals surface area (Å²) < 4.78 is 5.56. The first-order chi connectivity index (χ1) is 7.66. The molecule has 0 saturated carbocycles. The van der Waals surface area contributed by atoms with Gasteiger partial charge >= 0.3 is 0 Å². The van der Waals surface area contributed by atoms with Crippen LogP contribution < -0.4 is 0 Å². The summed E-state index contributed by atoms with van der Waals surface area (Å²) in [6, 6.07) is 3.87. The number of hydrogen-bond donors (Lipinski definition) is 0. The molecule has 2 rings (SSSR count). The number of aryl methyl sites for hydroxylation is 1. The number of Topliss-reactive ketones (excluding diaryl/α,β-unsaturated/α-hetero) is 1. The van der Waals surface area contributed by atoms with E-state index in [1.165, 1.54) is 0 Å². The second kappa shape index (κ2) is 4.74. The van der Waals surface area contributed by atoms with Gasteiger partial charge in [-0.15, -0.1) is 0 Å². The zero-order valence-corrected chi connectivity index (χ0v) is 9.77. The normalized spacial score (nSPS) is 24.6. The summed E-state index contributed by atoms with van der Waals surface area (Å²) in [5.74, 6) is 0.158. The zero-order chi connectivity index (χ0) is 11.5. The summed E-state index contributed by atoms with van der Waals surface area (Å²) in [6.45, 7) is 3.99. The number of pyridine rings is 1. The van der Waals surface area contributed by atoms with Crippen molar-refractivity contribution < 1.29 is 9.53 Å². The van der Waals surface area contributed by atoms with E-state index in [0.717, 1.165) is 24.1 Å². The maximum Gasteiger partial charge on any atom is 0.167 e. The third kappa shape index (κ3) is 2.47. The molecule has 0 aromatic carbocycles. The molecule has 0 aliphatic carbocycles. The van der Waals surface area contributed by atoms with Crippen LogP contribution in [0.25, 0.3) is 0 Å². The SMILES string of the molecule is Cc1cccnc1CC(=O)C1CCC(C)O1. The van der Waals surface area contributed by atoms with Crippen molar-refractivity contribution in [2.24, 2.45) is 0 Å². The number of carbonyl (C=O) groups excluding carboxylic acids is 1. The molecule has 1 aliphatic rings. The number of ether oxygens (including phenoxy) is 1. The Balaban J connectivity index is 2.00. The molecule has 2 heterocycles. The van der Waals surface area contributed by atoms with Crippen LogP contribution in [0.3, 0.4) is 0 Å². The molecule has 1 aromatic heterocycles. The molecule has 1 fully saturated rings. The Hall–Kier alpha value is -1.22. The van der Waals surface area contributed by atoms with Crippen molar-refractivity contribution in [3.05, 3.63) is 29.6 Å². The summed E-state index contributed by atoms with van der Waals surface area (Å²) in [5, 5.41) is 0. The fourth-order valence-electron chi connectivity index (χ4n) is 2.02. The Morgan fingerprint density at radius 1 is 1.56 bits per heavy atom. The van der Waals surface area contributed by atoms with Gasteiger partial charge in [0.2, 0.25) is 0 Å². The minimum atomic E-state index is -0.212. The molecule has 0 amide bonds. The van der Waals surface area contributed by atoms with Crippen molar-refractivity contribution >= 4 is 5.78 Å². The number of rotatable bonds is 3. The highest BCUT2D eigenvalue weighted by Gasteiger charge is 2.28. The minimum Gasteiger partial charge on any atom is -0.367 e. The van der Waals surface area contributed by atoms with Gasteiger partial charge in [0.15, 0.2) is 5.78 Å². The molecular weight excluding hydrogens is 202 g/mol. The van der Waals surface area contributed by atoms with Crippen LogP contribution in [0.1, 0.15) is 31.0 Å². The van der Waals surface area contributed by atoms with Crippen LogP contribution in [0.2, 0.25) is 0 Å². The molecular formula is C13H17NO2. The largest absolute Gasteiger partial charge is 0.367 e. The maximum absolute atomic E-state index is 11.9. The highest BCUT2D eigenvalue weighted by molar-refractivity contribution is 5.85. The Bertz CT molecular complexity index is 389. The minimum absolute atomic E-state index is 0.158. The van der Waals surface area contributed by atoms with Gasteiger partial charge in [0.05, 0.1) is 18.2 Å². The highest BCUT2D eigenvalue weighted by atomic mass is 16.5. The Kier molecular flexibility index (Phi) is 3.34. The van der Waals surface area contributed by atoms with Gasteiger partial charge in [-0.25, -0.2) is 0 Å². The lowest BCUT2D eigenvalue weighted by Crippen LogP contribution is -2.23. The fraction of sp³-hybridized carbons (Fsp3) is 0.538. The van der Waals surface area contributed by atoms with Gasteiger partial charge in [-0.2, -0.15) is 0 Å². The average Bonchev–Trinajstić information content (AvgIpc) is 2.68. The first-order valence-electron chi connectivity index (χ1n) is 5.75. The van der Waals surface area contributed by atoms with Crippen molar-refractivity contribution in [2.45, 2.75) is 45.3 Å². The van der Waals surface area contributed by atoms with Gasteiger partial charge in [0.25, 0.3) is 0 Å². The van der Waals surface area contributed by atoms with Crippen molar-refractivity contribution in [3.63, 3.8) is 0 Å². The molecule has 0 bridgehead atoms. The van der Waals surface area contributed by atoms with Crippen LogP contribution in [0.4, 0.5) is 0 Å². The van der Waals surface area contributed by atoms with Crippen LogP contribution in [0, 0.1) is 6.92 Å². The smallest absolute Gasteiger partial charge is 0.167 e. The molecule has 1 aliphatic heterocycles. The van der Waals surface area contributed by atoms with E-state index in [2.05, 4.69) is 4.98 Å². The van der Waals surface area contributed by atoms with Gasteiger partial charge in [-0.3, -0.25) is 9.78 Å². The number of aromatic nitrogens is 1. The lowest BCUT2D eigenvalue weighted by molar-refractivity contribution is -0.128. The Morgan fingerprint density at radius 3 is 3.00 bits per heavy atom.